The van der Waals surface area contributed by atoms with Gasteiger partial charge in [-0.2, -0.15) is 5.26 Å². The molecule has 0 aromatic heterocycles. The Morgan fingerprint density at radius 3 is 2.39 bits per heavy atom. The number of hydrogen-bond acceptors (Lipinski definition) is 5. The highest BCUT2D eigenvalue weighted by Crippen LogP contribution is 2.16. The van der Waals surface area contributed by atoms with E-state index < -0.39 is 17.9 Å². The molecule has 2 atom stereocenters. The summed E-state index contributed by atoms with van der Waals surface area (Å²) in [6, 6.07) is 18.3. The molecule has 2 aromatic carbocycles. The Balaban J connectivity index is 1.97. The maximum Gasteiger partial charge on any atom is 0.242 e. The monoisotopic (exact) mass is 450 g/mol. The molecule has 0 radical (unpaired) electrons. The van der Waals surface area contributed by atoms with E-state index >= 15 is 0 Å². The standard InChI is InChI=1S/C25H30N4O4/c1-18(24(27)31)8-13-23(30)29-22(25(32)28-15-5-14-26)16-19-9-11-21(12-10-19)33-17-20-6-3-2-4-7-20/h2-4,6-7,9-12,18,22H,5,8,13,15-17H2,1H3,(H2,27,31)(H,28,32)(H,29,30). The minimum absolute atomic E-state index is 0.0817. The summed E-state index contributed by atoms with van der Waals surface area (Å²) in [5.41, 5.74) is 7.14. The minimum Gasteiger partial charge on any atom is -0.489 e. The number of rotatable bonds is 13. The molecule has 0 aliphatic rings. The molecular weight excluding hydrogens is 420 g/mol. The SMILES string of the molecule is CC(CCC(=O)NC(Cc1ccc(OCc2ccccc2)cc1)C(=O)NCCC#N)C(N)=O. The van der Waals surface area contributed by atoms with Crippen molar-refractivity contribution in [1.82, 2.24) is 10.6 Å². The molecule has 0 aliphatic carbocycles. The van der Waals surface area contributed by atoms with Crippen molar-refractivity contribution in [3.05, 3.63) is 65.7 Å². The molecule has 4 N–H and O–H groups in total. The molecule has 8 nitrogen and oxygen atoms in total. The lowest BCUT2D eigenvalue weighted by Crippen LogP contribution is -2.48. The second kappa shape index (κ2) is 13.5. The van der Waals surface area contributed by atoms with E-state index in [9.17, 15) is 14.4 Å². The van der Waals surface area contributed by atoms with Crippen molar-refractivity contribution in [2.45, 2.75) is 45.3 Å². The van der Waals surface area contributed by atoms with Gasteiger partial charge in [-0.1, -0.05) is 49.4 Å². The Bertz CT molecular complexity index is 955. The Hall–Kier alpha value is -3.86. The molecule has 33 heavy (non-hydrogen) atoms. The van der Waals surface area contributed by atoms with Gasteiger partial charge in [-0.3, -0.25) is 14.4 Å². The zero-order valence-corrected chi connectivity index (χ0v) is 18.8. The third-order valence-electron chi connectivity index (χ3n) is 5.09. The first kappa shape index (κ1) is 25.4. The van der Waals surface area contributed by atoms with Crippen LogP contribution in [0.25, 0.3) is 0 Å². The summed E-state index contributed by atoms with van der Waals surface area (Å²) in [4.78, 5) is 36.1. The number of ether oxygens (including phenoxy) is 1. The van der Waals surface area contributed by atoms with Crippen LogP contribution in [0.1, 0.15) is 37.3 Å². The predicted molar refractivity (Wildman–Crippen MR) is 124 cm³/mol. The van der Waals surface area contributed by atoms with Gasteiger partial charge in [0.2, 0.25) is 17.7 Å². The fourth-order valence-electron chi connectivity index (χ4n) is 3.03. The molecule has 3 amide bonds. The number of nitrogens with one attached hydrogen (secondary N) is 2. The number of hydrogen-bond donors (Lipinski definition) is 3. The van der Waals surface area contributed by atoms with E-state index in [1.807, 2.05) is 60.7 Å². The Labute approximate surface area is 194 Å². The molecule has 0 aliphatic heterocycles. The third kappa shape index (κ3) is 9.44. The van der Waals surface area contributed by atoms with Crippen molar-refractivity contribution in [3.63, 3.8) is 0 Å². The number of carbonyl (C=O) groups is 3. The fourth-order valence-corrected chi connectivity index (χ4v) is 3.03. The van der Waals surface area contributed by atoms with Crippen molar-refractivity contribution in [1.29, 1.82) is 5.26 Å². The summed E-state index contributed by atoms with van der Waals surface area (Å²) >= 11 is 0. The topological polar surface area (TPSA) is 134 Å². The molecule has 0 fully saturated rings. The van der Waals surface area contributed by atoms with Gasteiger partial charge in [0, 0.05) is 25.3 Å². The van der Waals surface area contributed by atoms with Crippen molar-refractivity contribution in [3.8, 4) is 11.8 Å². The second-order valence-electron chi connectivity index (χ2n) is 7.78. The highest BCUT2D eigenvalue weighted by Gasteiger charge is 2.22. The summed E-state index contributed by atoms with van der Waals surface area (Å²) in [6.45, 7) is 2.31. The van der Waals surface area contributed by atoms with Crippen LogP contribution < -0.4 is 21.1 Å². The highest BCUT2D eigenvalue weighted by atomic mass is 16.5. The first-order chi connectivity index (χ1) is 15.9. The predicted octanol–water partition coefficient (Wildman–Crippen LogP) is 2.22. The van der Waals surface area contributed by atoms with E-state index in [2.05, 4.69) is 10.6 Å². The van der Waals surface area contributed by atoms with Crippen LogP contribution in [0, 0.1) is 17.2 Å². The zero-order chi connectivity index (χ0) is 24.1. The number of benzene rings is 2. The van der Waals surface area contributed by atoms with Crippen LogP contribution >= 0.6 is 0 Å². The molecule has 0 bridgehead atoms. The number of nitrogens with zero attached hydrogens (tertiary/aromatic N) is 1. The van der Waals surface area contributed by atoms with Gasteiger partial charge in [0.1, 0.15) is 18.4 Å². The van der Waals surface area contributed by atoms with E-state index in [1.54, 1.807) is 6.92 Å². The second-order valence-corrected chi connectivity index (χ2v) is 7.78. The summed E-state index contributed by atoms with van der Waals surface area (Å²) in [5.74, 6) is -0.912. The van der Waals surface area contributed by atoms with Gasteiger partial charge in [0.15, 0.2) is 0 Å². The molecule has 2 unspecified atom stereocenters. The highest BCUT2D eigenvalue weighted by molar-refractivity contribution is 5.88. The quantitative estimate of drug-likeness (QED) is 0.402. The van der Waals surface area contributed by atoms with Gasteiger partial charge in [0.05, 0.1) is 12.5 Å². The maximum absolute atomic E-state index is 12.6. The molecule has 0 saturated heterocycles. The molecular formula is C25H30N4O4. The largest absolute Gasteiger partial charge is 0.489 e. The van der Waals surface area contributed by atoms with E-state index in [0.29, 0.717) is 18.8 Å². The summed E-state index contributed by atoms with van der Waals surface area (Å²) in [5, 5.41) is 14.1. The van der Waals surface area contributed by atoms with Crippen LogP contribution in [0.2, 0.25) is 0 Å². The smallest absolute Gasteiger partial charge is 0.242 e. The van der Waals surface area contributed by atoms with Gasteiger partial charge >= 0.3 is 0 Å². The van der Waals surface area contributed by atoms with Gasteiger partial charge < -0.3 is 21.1 Å². The van der Waals surface area contributed by atoms with Crippen molar-refractivity contribution >= 4 is 17.7 Å². The normalized spacial score (nSPS) is 12.1. The Morgan fingerprint density at radius 1 is 1.06 bits per heavy atom. The van der Waals surface area contributed by atoms with Crippen molar-refractivity contribution in [2.75, 3.05) is 6.54 Å². The third-order valence-corrected chi connectivity index (χ3v) is 5.09. The van der Waals surface area contributed by atoms with Crippen LogP contribution in [0.4, 0.5) is 0 Å². The maximum atomic E-state index is 12.6. The molecule has 0 heterocycles. The summed E-state index contributed by atoms with van der Waals surface area (Å²) in [7, 11) is 0. The van der Waals surface area contributed by atoms with Crippen LogP contribution in [0.3, 0.4) is 0 Å². The number of amides is 3. The fraction of sp³-hybridized carbons (Fsp3) is 0.360. The Morgan fingerprint density at radius 2 is 1.76 bits per heavy atom. The van der Waals surface area contributed by atoms with Gasteiger partial charge in [-0.15, -0.1) is 0 Å². The van der Waals surface area contributed by atoms with Crippen molar-refractivity contribution in [2.24, 2.45) is 11.7 Å². The molecule has 174 valence electrons. The van der Waals surface area contributed by atoms with E-state index in [-0.39, 0.29) is 37.6 Å². The molecule has 0 saturated carbocycles. The minimum atomic E-state index is -0.809. The average molecular weight is 451 g/mol. The average Bonchev–Trinajstić information content (AvgIpc) is 2.82. The molecule has 2 aromatic rings. The Kier molecular flexibility index (Phi) is 10.4. The van der Waals surface area contributed by atoms with Gasteiger partial charge in [-0.25, -0.2) is 0 Å². The van der Waals surface area contributed by atoms with Crippen LogP contribution in [-0.4, -0.2) is 30.3 Å². The number of primary amides is 1. The first-order valence-electron chi connectivity index (χ1n) is 10.9. The number of carbonyl (C=O) groups excluding carboxylic acids is 3. The summed E-state index contributed by atoms with van der Waals surface area (Å²) < 4.78 is 5.79. The number of nitrogens with two attached hydrogens (primary N) is 1. The molecule has 2 rings (SSSR count). The van der Waals surface area contributed by atoms with Crippen LogP contribution in [-0.2, 0) is 27.4 Å². The van der Waals surface area contributed by atoms with Crippen LogP contribution in [0.5, 0.6) is 5.75 Å². The zero-order valence-electron chi connectivity index (χ0n) is 18.8. The van der Waals surface area contributed by atoms with Crippen molar-refractivity contribution < 1.29 is 19.1 Å². The first-order valence-corrected chi connectivity index (χ1v) is 10.9. The lowest BCUT2D eigenvalue weighted by Gasteiger charge is -2.19. The van der Waals surface area contributed by atoms with Gasteiger partial charge in [0.25, 0.3) is 0 Å². The molecule has 8 heteroatoms. The lowest BCUT2D eigenvalue weighted by molar-refractivity contribution is -0.129. The summed E-state index contributed by atoms with van der Waals surface area (Å²) in [6.07, 6.45) is 0.834. The molecule has 0 spiro atoms. The lowest BCUT2D eigenvalue weighted by atomic mass is 10.0. The van der Waals surface area contributed by atoms with Crippen LogP contribution in [0.15, 0.2) is 54.6 Å². The van der Waals surface area contributed by atoms with E-state index in [1.165, 1.54) is 0 Å². The van der Waals surface area contributed by atoms with E-state index in [0.717, 1.165) is 11.1 Å². The van der Waals surface area contributed by atoms with E-state index in [4.69, 9.17) is 15.7 Å². The number of nitriles is 1. The van der Waals surface area contributed by atoms with Gasteiger partial charge in [-0.05, 0) is 29.7 Å².